The molecule has 0 amide bonds. The summed E-state index contributed by atoms with van der Waals surface area (Å²) in [7, 11) is 0. The van der Waals surface area contributed by atoms with E-state index >= 15 is 0 Å². The monoisotopic (exact) mass is 405 g/mol. The molecule has 29 heavy (non-hydrogen) atoms. The van der Waals surface area contributed by atoms with Gasteiger partial charge in [-0.05, 0) is 66.1 Å². The molecule has 0 bridgehead atoms. The van der Waals surface area contributed by atoms with Crippen molar-refractivity contribution in [1.82, 2.24) is 15.0 Å². The summed E-state index contributed by atoms with van der Waals surface area (Å²) < 4.78 is 25.8. The maximum atomic E-state index is 13.3. The van der Waals surface area contributed by atoms with E-state index in [0.717, 1.165) is 39.7 Å². The SMILES string of the molecule is [O-][S+](CCCc1nc(-c2ccc(F)cc2)c(-c2ccncc2)[nH]1)c1ccccc1. The Bertz CT molecular complexity index is 1050. The first-order valence-electron chi connectivity index (χ1n) is 9.39. The molecular formula is C23H20FN3OS. The van der Waals surface area contributed by atoms with Crippen LogP contribution in [0.15, 0.2) is 84.0 Å². The molecule has 2 heterocycles. The van der Waals surface area contributed by atoms with E-state index in [1.165, 1.54) is 12.1 Å². The molecule has 1 atom stereocenters. The van der Waals surface area contributed by atoms with Gasteiger partial charge in [0.05, 0.1) is 11.4 Å². The normalized spacial score (nSPS) is 12.1. The predicted octanol–water partition coefficient (Wildman–Crippen LogP) is 5.02. The number of nitrogens with one attached hydrogen (secondary N) is 1. The Morgan fingerprint density at radius 2 is 1.62 bits per heavy atom. The van der Waals surface area contributed by atoms with Crippen molar-refractivity contribution in [2.24, 2.45) is 0 Å². The summed E-state index contributed by atoms with van der Waals surface area (Å²) in [6, 6.07) is 19.6. The van der Waals surface area contributed by atoms with E-state index in [4.69, 9.17) is 4.98 Å². The molecule has 4 aromatic rings. The van der Waals surface area contributed by atoms with Crippen LogP contribution in [0.5, 0.6) is 0 Å². The standard InChI is InChI=1S/C23H20FN3OS/c24-19-10-8-17(9-11-19)22-23(18-12-14-25-15-13-18)27-21(26-22)7-4-16-29(28)20-5-2-1-3-6-20/h1-3,5-6,8-15H,4,7,16H2,(H,26,27). The van der Waals surface area contributed by atoms with E-state index in [-0.39, 0.29) is 5.82 Å². The molecule has 2 aromatic heterocycles. The zero-order valence-corrected chi connectivity index (χ0v) is 16.5. The molecule has 2 aromatic carbocycles. The van der Waals surface area contributed by atoms with Gasteiger partial charge in [0, 0.05) is 29.9 Å². The van der Waals surface area contributed by atoms with Crippen LogP contribution in [0.1, 0.15) is 12.2 Å². The Balaban J connectivity index is 1.54. The molecule has 0 aliphatic carbocycles. The van der Waals surface area contributed by atoms with Crippen LogP contribution in [0.25, 0.3) is 22.5 Å². The van der Waals surface area contributed by atoms with Gasteiger partial charge in [0.1, 0.15) is 17.4 Å². The van der Waals surface area contributed by atoms with Gasteiger partial charge in [-0.2, -0.15) is 0 Å². The molecule has 1 N–H and O–H groups in total. The first kappa shape index (κ1) is 19.4. The van der Waals surface area contributed by atoms with Gasteiger partial charge in [-0.3, -0.25) is 4.98 Å². The molecule has 146 valence electrons. The number of hydrogen-bond donors (Lipinski definition) is 1. The summed E-state index contributed by atoms with van der Waals surface area (Å²) in [5.74, 6) is 1.11. The Labute approximate surface area is 172 Å². The highest BCUT2D eigenvalue weighted by molar-refractivity contribution is 7.91. The van der Waals surface area contributed by atoms with Crippen LogP contribution in [0.2, 0.25) is 0 Å². The summed E-state index contributed by atoms with van der Waals surface area (Å²) in [6.45, 7) is 0. The average Bonchev–Trinajstić information content (AvgIpc) is 3.19. The summed E-state index contributed by atoms with van der Waals surface area (Å²) in [6.07, 6.45) is 4.88. The van der Waals surface area contributed by atoms with Gasteiger partial charge in [0.15, 0.2) is 4.90 Å². The number of H-pyrrole nitrogens is 1. The number of aryl methyl sites for hydroxylation is 1. The minimum atomic E-state index is -1.02. The van der Waals surface area contributed by atoms with Crippen molar-refractivity contribution in [1.29, 1.82) is 0 Å². The van der Waals surface area contributed by atoms with Crippen LogP contribution in [-0.2, 0) is 17.6 Å². The number of rotatable bonds is 7. The van der Waals surface area contributed by atoms with Crippen molar-refractivity contribution in [3.05, 3.63) is 90.8 Å². The van der Waals surface area contributed by atoms with Crippen LogP contribution in [0.3, 0.4) is 0 Å². The maximum Gasteiger partial charge on any atom is 0.152 e. The Morgan fingerprint density at radius 1 is 0.897 bits per heavy atom. The lowest BCUT2D eigenvalue weighted by Gasteiger charge is -2.09. The highest BCUT2D eigenvalue weighted by Gasteiger charge is 2.16. The lowest BCUT2D eigenvalue weighted by Crippen LogP contribution is -2.08. The van der Waals surface area contributed by atoms with Crippen LogP contribution in [0, 0.1) is 5.82 Å². The number of aromatic nitrogens is 3. The molecule has 0 aliphatic rings. The summed E-state index contributed by atoms with van der Waals surface area (Å²) in [4.78, 5) is 13.1. The maximum absolute atomic E-state index is 13.3. The van der Waals surface area contributed by atoms with Crippen LogP contribution in [0.4, 0.5) is 4.39 Å². The summed E-state index contributed by atoms with van der Waals surface area (Å²) in [5, 5.41) is 0. The predicted molar refractivity (Wildman–Crippen MR) is 113 cm³/mol. The fourth-order valence-electron chi connectivity index (χ4n) is 3.15. The second kappa shape index (κ2) is 9.03. The third-order valence-electron chi connectivity index (χ3n) is 4.59. The second-order valence-corrected chi connectivity index (χ2v) is 8.19. The van der Waals surface area contributed by atoms with Crippen LogP contribution >= 0.6 is 0 Å². The van der Waals surface area contributed by atoms with E-state index in [2.05, 4.69) is 9.97 Å². The van der Waals surface area contributed by atoms with Gasteiger partial charge in [0.2, 0.25) is 0 Å². The molecule has 0 saturated heterocycles. The quantitative estimate of drug-likeness (QED) is 0.439. The average molecular weight is 405 g/mol. The molecule has 0 saturated carbocycles. The van der Waals surface area contributed by atoms with Crippen molar-refractivity contribution < 1.29 is 8.94 Å². The number of pyridine rings is 1. The van der Waals surface area contributed by atoms with Gasteiger partial charge >= 0.3 is 0 Å². The summed E-state index contributed by atoms with van der Waals surface area (Å²) in [5.41, 5.74) is 3.45. The van der Waals surface area contributed by atoms with E-state index in [0.29, 0.717) is 12.2 Å². The molecule has 1 unspecified atom stereocenters. The number of nitrogens with zero attached hydrogens (tertiary/aromatic N) is 2. The van der Waals surface area contributed by atoms with Crippen LogP contribution in [-0.4, -0.2) is 25.3 Å². The molecule has 6 heteroatoms. The minimum absolute atomic E-state index is 0.279. The second-order valence-electron chi connectivity index (χ2n) is 6.62. The smallest absolute Gasteiger partial charge is 0.152 e. The Morgan fingerprint density at radius 3 is 2.34 bits per heavy atom. The lowest BCUT2D eigenvalue weighted by atomic mass is 10.1. The van der Waals surface area contributed by atoms with E-state index in [1.807, 2.05) is 42.5 Å². The fraction of sp³-hybridized carbons (Fsp3) is 0.130. The highest BCUT2D eigenvalue weighted by Crippen LogP contribution is 2.30. The molecule has 0 spiro atoms. The van der Waals surface area contributed by atoms with Gasteiger partial charge in [-0.15, -0.1) is 0 Å². The van der Waals surface area contributed by atoms with Gasteiger partial charge in [-0.25, -0.2) is 9.37 Å². The van der Waals surface area contributed by atoms with E-state index in [9.17, 15) is 8.94 Å². The largest absolute Gasteiger partial charge is 0.611 e. The van der Waals surface area contributed by atoms with Crippen molar-refractivity contribution >= 4 is 11.2 Å². The van der Waals surface area contributed by atoms with Gasteiger partial charge in [-0.1, -0.05) is 18.2 Å². The topological polar surface area (TPSA) is 64.6 Å². The van der Waals surface area contributed by atoms with Gasteiger partial charge < -0.3 is 9.54 Å². The zero-order valence-electron chi connectivity index (χ0n) is 15.7. The summed E-state index contributed by atoms with van der Waals surface area (Å²) >= 11 is -1.02. The van der Waals surface area contributed by atoms with Crippen molar-refractivity contribution in [3.63, 3.8) is 0 Å². The third kappa shape index (κ3) is 4.72. The minimum Gasteiger partial charge on any atom is -0.611 e. The van der Waals surface area contributed by atoms with Crippen molar-refractivity contribution in [2.75, 3.05) is 5.75 Å². The number of halogens is 1. The van der Waals surface area contributed by atoms with E-state index in [1.54, 1.807) is 24.5 Å². The number of benzene rings is 2. The third-order valence-corrected chi connectivity index (χ3v) is 6.05. The molecule has 0 fully saturated rings. The molecule has 4 rings (SSSR count). The molecule has 0 radical (unpaired) electrons. The molecule has 0 aliphatic heterocycles. The Kier molecular flexibility index (Phi) is 6.03. The van der Waals surface area contributed by atoms with E-state index < -0.39 is 11.2 Å². The first-order chi connectivity index (χ1) is 14.2. The van der Waals surface area contributed by atoms with Crippen LogP contribution < -0.4 is 0 Å². The van der Waals surface area contributed by atoms with Gasteiger partial charge in [0.25, 0.3) is 0 Å². The number of hydrogen-bond acceptors (Lipinski definition) is 3. The van der Waals surface area contributed by atoms with Crippen molar-refractivity contribution in [2.45, 2.75) is 17.7 Å². The Hall–Kier alpha value is -2.96. The molecular weight excluding hydrogens is 385 g/mol. The highest BCUT2D eigenvalue weighted by atomic mass is 32.2. The first-order valence-corrected chi connectivity index (χ1v) is 10.7. The lowest BCUT2D eigenvalue weighted by molar-refractivity contribution is 0.592. The zero-order chi connectivity index (χ0) is 20.1. The van der Waals surface area contributed by atoms with Crippen molar-refractivity contribution in [3.8, 4) is 22.5 Å². The molecule has 4 nitrogen and oxygen atoms in total. The number of aromatic amines is 1. The fourth-order valence-corrected chi connectivity index (χ4v) is 4.25. The number of imidazole rings is 1.